The van der Waals surface area contributed by atoms with Crippen LogP contribution in [0.1, 0.15) is 24.8 Å². The van der Waals surface area contributed by atoms with Crippen molar-refractivity contribution in [3.63, 3.8) is 0 Å². The van der Waals surface area contributed by atoms with Crippen LogP contribution in [0.25, 0.3) is 0 Å². The lowest BCUT2D eigenvalue weighted by Gasteiger charge is -2.12. The smallest absolute Gasteiger partial charge is 0.160 e. The van der Waals surface area contributed by atoms with E-state index in [0.717, 1.165) is 12.0 Å². The highest BCUT2D eigenvalue weighted by Gasteiger charge is 2.07. The quantitative estimate of drug-likeness (QED) is 0.771. The van der Waals surface area contributed by atoms with Gasteiger partial charge in [0.05, 0.1) is 7.11 Å². The van der Waals surface area contributed by atoms with E-state index in [0.29, 0.717) is 18.2 Å². The van der Waals surface area contributed by atoms with Crippen LogP contribution in [0.15, 0.2) is 18.2 Å². The van der Waals surface area contributed by atoms with Crippen LogP contribution in [0.2, 0.25) is 0 Å². The lowest BCUT2D eigenvalue weighted by Crippen LogP contribution is -2.04. The molecule has 3 N–H and O–H groups in total. The van der Waals surface area contributed by atoms with E-state index < -0.39 is 0 Å². The third-order valence-electron chi connectivity index (χ3n) is 2.37. The minimum Gasteiger partial charge on any atom is -0.504 e. The molecule has 1 aromatic rings. The summed E-state index contributed by atoms with van der Waals surface area (Å²) in [5.74, 6) is 1.07. The Morgan fingerprint density at radius 1 is 1.50 bits per heavy atom. The van der Waals surface area contributed by atoms with Gasteiger partial charge in [-0.2, -0.15) is 0 Å². The van der Waals surface area contributed by atoms with Gasteiger partial charge in [0.25, 0.3) is 0 Å². The standard InChI is InChI=1S/C11H17NO2/c1-8(5-6-12)9-3-4-11(14-2)10(13)7-9/h3-4,7-8,13H,5-6,12H2,1-2H3/t8-/m1/s1. The number of benzene rings is 1. The first kappa shape index (κ1) is 10.9. The number of aromatic hydroxyl groups is 1. The lowest BCUT2D eigenvalue weighted by atomic mass is 9.97. The molecule has 78 valence electrons. The van der Waals surface area contributed by atoms with Crippen LogP contribution >= 0.6 is 0 Å². The van der Waals surface area contributed by atoms with Crippen molar-refractivity contribution in [2.75, 3.05) is 13.7 Å². The van der Waals surface area contributed by atoms with Crippen LogP contribution in [-0.4, -0.2) is 18.8 Å². The van der Waals surface area contributed by atoms with Crippen molar-refractivity contribution in [2.45, 2.75) is 19.3 Å². The topological polar surface area (TPSA) is 55.5 Å². The Balaban J connectivity index is 2.85. The Hall–Kier alpha value is -1.22. The van der Waals surface area contributed by atoms with Gasteiger partial charge in [-0.3, -0.25) is 0 Å². The van der Waals surface area contributed by atoms with E-state index in [-0.39, 0.29) is 5.75 Å². The molecule has 0 radical (unpaired) electrons. The summed E-state index contributed by atoms with van der Waals surface area (Å²) >= 11 is 0. The molecule has 0 spiro atoms. The van der Waals surface area contributed by atoms with Crippen LogP contribution < -0.4 is 10.5 Å². The summed E-state index contributed by atoms with van der Waals surface area (Å²) in [4.78, 5) is 0. The van der Waals surface area contributed by atoms with Crippen molar-refractivity contribution in [3.05, 3.63) is 23.8 Å². The molecule has 0 heterocycles. The van der Waals surface area contributed by atoms with Crippen molar-refractivity contribution in [1.29, 1.82) is 0 Å². The predicted molar refractivity (Wildman–Crippen MR) is 56.7 cm³/mol. The highest BCUT2D eigenvalue weighted by Crippen LogP contribution is 2.30. The molecule has 0 fully saturated rings. The summed E-state index contributed by atoms with van der Waals surface area (Å²) in [7, 11) is 1.54. The van der Waals surface area contributed by atoms with Crippen LogP contribution in [-0.2, 0) is 0 Å². The molecule has 0 amide bonds. The number of methoxy groups -OCH3 is 1. The SMILES string of the molecule is COc1ccc([C@H](C)CCN)cc1O. The van der Waals surface area contributed by atoms with Gasteiger partial charge in [-0.25, -0.2) is 0 Å². The molecule has 0 aliphatic rings. The Morgan fingerprint density at radius 2 is 2.21 bits per heavy atom. The summed E-state index contributed by atoms with van der Waals surface area (Å²) in [5.41, 5.74) is 6.57. The van der Waals surface area contributed by atoms with Gasteiger partial charge in [0.15, 0.2) is 11.5 Å². The molecule has 3 nitrogen and oxygen atoms in total. The van der Waals surface area contributed by atoms with Crippen LogP contribution in [0.3, 0.4) is 0 Å². The van der Waals surface area contributed by atoms with Crippen molar-refractivity contribution < 1.29 is 9.84 Å². The van der Waals surface area contributed by atoms with Crippen LogP contribution in [0.5, 0.6) is 11.5 Å². The van der Waals surface area contributed by atoms with Crippen molar-refractivity contribution in [3.8, 4) is 11.5 Å². The second kappa shape index (κ2) is 4.86. The van der Waals surface area contributed by atoms with Crippen LogP contribution in [0, 0.1) is 0 Å². The third-order valence-corrected chi connectivity index (χ3v) is 2.37. The maximum Gasteiger partial charge on any atom is 0.160 e. The molecule has 0 aliphatic carbocycles. The number of nitrogens with two attached hydrogens (primary N) is 1. The fraction of sp³-hybridized carbons (Fsp3) is 0.455. The molecule has 0 bridgehead atoms. The van der Waals surface area contributed by atoms with Gasteiger partial charge in [-0.1, -0.05) is 13.0 Å². The maximum absolute atomic E-state index is 9.55. The molecular weight excluding hydrogens is 178 g/mol. The molecule has 0 saturated heterocycles. The first-order valence-electron chi connectivity index (χ1n) is 4.76. The van der Waals surface area contributed by atoms with E-state index in [1.165, 1.54) is 7.11 Å². The number of ether oxygens (including phenoxy) is 1. The molecule has 0 aliphatic heterocycles. The molecule has 14 heavy (non-hydrogen) atoms. The monoisotopic (exact) mass is 195 g/mol. The van der Waals surface area contributed by atoms with Gasteiger partial charge < -0.3 is 15.6 Å². The fourth-order valence-electron chi connectivity index (χ4n) is 1.43. The maximum atomic E-state index is 9.55. The average Bonchev–Trinajstić information content (AvgIpc) is 2.18. The highest BCUT2D eigenvalue weighted by molar-refractivity contribution is 5.42. The second-order valence-electron chi connectivity index (χ2n) is 3.41. The van der Waals surface area contributed by atoms with E-state index in [1.54, 1.807) is 12.1 Å². The zero-order valence-corrected chi connectivity index (χ0v) is 8.66. The van der Waals surface area contributed by atoms with E-state index in [9.17, 15) is 5.11 Å². The van der Waals surface area contributed by atoms with E-state index in [4.69, 9.17) is 10.5 Å². The number of hydrogen-bond acceptors (Lipinski definition) is 3. The van der Waals surface area contributed by atoms with E-state index >= 15 is 0 Å². The van der Waals surface area contributed by atoms with Gasteiger partial charge in [0.1, 0.15) is 0 Å². The first-order valence-corrected chi connectivity index (χ1v) is 4.76. The van der Waals surface area contributed by atoms with Gasteiger partial charge >= 0.3 is 0 Å². The lowest BCUT2D eigenvalue weighted by molar-refractivity contribution is 0.372. The number of rotatable bonds is 4. The molecule has 1 atom stereocenters. The first-order chi connectivity index (χ1) is 6.69. The van der Waals surface area contributed by atoms with Crippen LogP contribution in [0.4, 0.5) is 0 Å². The van der Waals surface area contributed by atoms with E-state index in [2.05, 4.69) is 6.92 Å². The number of phenolic OH excluding ortho intramolecular Hbond substituents is 1. The highest BCUT2D eigenvalue weighted by atomic mass is 16.5. The molecule has 1 aromatic carbocycles. The van der Waals surface area contributed by atoms with Gasteiger partial charge in [0.2, 0.25) is 0 Å². The fourth-order valence-corrected chi connectivity index (χ4v) is 1.43. The minimum atomic E-state index is 0.189. The second-order valence-corrected chi connectivity index (χ2v) is 3.41. The summed E-state index contributed by atoms with van der Waals surface area (Å²) < 4.78 is 4.96. The largest absolute Gasteiger partial charge is 0.504 e. The van der Waals surface area contributed by atoms with Crippen molar-refractivity contribution in [1.82, 2.24) is 0 Å². The van der Waals surface area contributed by atoms with Gasteiger partial charge in [0, 0.05) is 0 Å². The summed E-state index contributed by atoms with van der Waals surface area (Å²) in [5, 5.41) is 9.55. The Morgan fingerprint density at radius 3 is 2.71 bits per heavy atom. The van der Waals surface area contributed by atoms with Gasteiger partial charge in [-0.05, 0) is 36.6 Å². The summed E-state index contributed by atoms with van der Waals surface area (Å²) in [6, 6.07) is 5.47. The summed E-state index contributed by atoms with van der Waals surface area (Å²) in [6.45, 7) is 2.75. The molecular formula is C11H17NO2. The predicted octanol–water partition coefficient (Wildman–Crippen LogP) is 1.85. The molecule has 0 saturated carbocycles. The van der Waals surface area contributed by atoms with Gasteiger partial charge in [-0.15, -0.1) is 0 Å². The molecule has 0 aromatic heterocycles. The zero-order chi connectivity index (χ0) is 10.6. The minimum absolute atomic E-state index is 0.189. The molecule has 1 rings (SSSR count). The Kier molecular flexibility index (Phi) is 3.77. The normalized spacial score (nSPS) is 12.5. The molecule has 3 heteroatoms. The third kappa shape index (κ3) is 2.39. The zero-order valence-electron chi connectivity index (χ0n) is 8.66. The van der Waals surface area contributed by atoms with Crippen molar-refractivity contribution >= 4 is 0 Å². The number of phenols is 1. The van der Waals surface area contributed by atoms with E-state index in [1.807, 2.05) is 6.07 Å². The summed E-state index contributed by atoms with van der Waals surface area (Å²) in [6.07, 6.45) is 0.922. The average molecular weight is 195 g/mol. The van der Waals surface area contributed by atoms with Crippen molar-refractivity contribution in [2.24, 2.45) is 5.73 Å². The Labute approximate surface area is 84.5 Å². The molecule has 0 unspecified atom stereocenters. The Bertz CT molecular complexity index is 299. The number of hydrogen-bond donors (Lipinski definition) is 2.